The second-order valence-electron chi connectivity index (χ2n) is 5.11. The molecule has 0 saturated carbocycles. The van der Waals surface area contributed by atoms with Crippen LogP contribution in [0, 0.1) is 5.92 Å². The summed E-state index contributed by atoms with van der Waals surface area (Å²) in [5.74, 6) is -2.11. The SMILES string of the molecule is CCSC(=S)S[C@@H]1[C@H](C(C)OC(=O)OCC(Cl)(Cl)Cl)C(=O)N1C(Cl)C(=O)O. The first-order chi connectivity index (χ1) is 12.4. The van der Waals surface area contributed by atoms with E-state index in [1.807, 2.05) is 6.92 Å². The quantitative estimate of drug-likeness (QED) is 0.176. The van der Waals surface area contributed by atoms with E-state index >= 15 is 0 Å². The van der Waals surface area contributed by atoms with Crippen molar-refractivity contribution in [1.29, 1.82) is 0 Å². The predicted octanol–water partition coefficient (Wildman–Crippen LogP) is 4.10. The molecule has 14 heteroatoms. The van der Waals surface area contributed by atoms with Crippen molar-refractivity contribution in [2.24, 2.45) is 5.92 Å². The van der Waals surface area contributed by atoms with E-state index in [9.17, 15) is 14.4 Å². The molecule has 1 rings (SSSR count). The van der Waals surface area contributed by atoms with Gasteiger partial charge in [0.2, 0.25) is 15.2 Å². The van der Waals surface area contributed by atoms with Gasteiger partial charge in [0.25, 0.3) is 0 Å². The standard InChI is InChI=1S/C13H15Cl4NO6S3/c1-3-26-12(25)27-9-6(8(19)18(9)7(14)10(20)21)5(2)24-11(22)23-4-13(15,16)17/h5-7,9H,3-4H2,1-2H3,(H,20,21)/t5?,6-,7?,9-/m1/s1. The smallest absolute Gasteiger partial charge is 0.479 e. The van der Waals surface area contributed by atoms with Crippen LogP contribution in [0.3, 0.4) is 0 Å². The molecule has 4 atom stereocenters. The topological polar surface area (TPSA) is 93.1 Å². The van der Waals surface area contributed by atoms with Gasteiger partial charge in [-0.2, -0.15) is 0 Å². The molecule has 0 aromatic rings. The fourth-order valence-electron chi connectivity index (χ4n) is 2.08. The Morgan fingerprint density at radius 3 is 2.48 bits per heavy atom. The van der Waals surface area contributed by atoms with Gasteiger partial charge in [0.15, 0.2) is 0 Å². The Hall–Kier alpha value is 0.160. The Balaban J connectivity index is 2.82. The molecule has 1 saturated heterocycles. The van der Waals surface area contributed by atoms with Crippen molar-refractivity contribution >= 4 is 104 Å². The van der Waals surface area contributed by atoms with E-state index in [1.165, 1.54) is 18.7 Å². The van der Waals surface area contributed by atoms with Crippen LogP contribution in [0.4, 0.5) is 4.79 Å². The molecule has 1 aliphatic rings. The molecule has 0 spiro atoms. The molecule has 27 heavy (non-hydrogen) atoms. The van der Waals surface area contributed by atoms with Crippen LogP contribution >= 0.6 is 82.1 Å². The number of nitrogens with zero attached hydrogens (tertiary/aromatic N) is 1. The first-order valence-corrected chi connectivity index (χ1v) is 11.2. The highest BCUT2D eigenvalue weighted by Gasteiger charge is 2.56. The zero-order valence-corrected chi connectivity index (χ0v) is 19.4. The summed E-state index contributed by atoms with van der Waals surface area (Å²) in [6, 6.07) is 0. The van der Waals surface area contributed by atoms with Gasteiger partial charge in [-0.1, -0.05) is 77.3 Å². The molecule has 0 aromatic carbocycles. The third-order valence-corrected chi connectivity index (χ3v) is 6.68. The number of rotatable bonds is 7. The van der Waals surface area contributed by atoms with Crippen LogP contribution in [0.1, 0.15) is 13.8 Å². The van der Waals surface area contributed by atoms with Crippen molar-refractivity contribution in [3.63, 3.8) is 0 Å². The number of ether oxygens (including phenoxy) is 2. The van der Waals surface area contributed by atoms with Crippen LogP contribution in [0.25, 0.3) is 0 Å². The van der Waals surface area contributed by atoms with Crippen LogP contribution in [0.15, 0.2) is 0 Å². The number of alkyl halides is 4. The molecule has 1 amide bonds. The average molecular weight is 519 g/mol. The first kappa shape index (κ1) is 25.2. The van der Waals surface area contributed by atoms with Gasteiger partial charge in [-0.25, -0.2) is 9.59 Å². The van der Waals surface area contributed by atoms with Gasteiger partial charge < -0.3 is 19.5 Å². The third kappa shape index (κ3) is 7.49. The van der Waals surface area contributed by atoms with E-state index in [0.29, 0.717) is 9.28 Å². The van der Waals surface area contributed by atoms with Crippen molar-refractivity contribution in [2.45, 2.75) is 34.6 Å². The van der Waals surface area contributed by atoms with Crippen molar-refractivity contribution in [3.05, 3.63) is 0 Å². The first-order valence-electron chi connectivity index (χ1n) is 7.31. The summed E-state index contributed by atoms with van der Waals surface area (Å²) in [6.45, 7) is 2.82. The van der Waals surface area contributed by atoms with Crippen molar-refractivity contribution < 1.29 is 29.0 Å². The number of hydrogen-bond donors (Lipinski definition) is 1. The number of halogens is 4. The van der Waals surface area contributed by atoms with Gasteiger partial charge in [0.1, 0.15) is 27.5 Å². The Kier molecular flexibility index (Phi) is 10.1. The number of hydrogen-bond acceptors (Lipinski definition) is 8. The normalized spacial score (nSPS) is 21.9. The number of carbonyl (C=O) groups excluding carboxylic acids is 2. The van der Waals surface area contributed by atoms with E-state index in [1.54, 1.807) is 0 Å². The minimum Gasteiger partial charge on any atom is -0.479 e. The van der Waals surface area contributed by atoms with Crippen LogP contribution < -0.4 is 0 Å². The molecule has 1 heterocycles. The maximum Gasteiger partial charge on any atom is 0.508 e. The Morgan fingerprint density at radius 2 is 2.00 bits per heavy atom. The number of carboxylic acids is 1. The largest absolute Gasteiger partial charge is 0.508 e. The molecule has 7 nitrogen and oxygen atoms in total. The molecule has 0 aromatic heterocycles. The summed E-state index contributed by atoms with van der Waals surface area (Å²) in [5.41, 5.74) is -1.57. The average Bonchev–Trinajstić information content (AvgIpc) is 2.52. The summed E-state index contributed by atoms with van der Waals surface area (Å²) in [4.78, 5) is 36.3. The molecular weight excluding hydrogens is 504 g/mol. The van der Waals surface area contributed by atoms with Gasteiger partial charge in [-0.3, -0.25) is 4.79 Å². The predicted molar refractivity (Wildman–Crippen MR) is 112 cm³/mol. The lowest BCUT2D eigenvalue weighted by Crippen LogP contribution is -2.66. The number of β-lactam (4-membered cyclic amide) rings is 1. The number of carboxylic acid groups (broad SMARTS) is 1. The number of thiocarbonyl (C=S) groups is 1. The monoisotopic (exact) mass is 517 g/mol. The second-order valence-corrected chi connectivity index (χ2v) is 11.6. The molecule has 1 aliphatic heterocycles. The van der Waals surface area contributed by atoms with Crippen LogP contribution in [-0.2, 0) is 19.1 Å². The maximum atomic E-state index is 12.4. The van der Waals surface area contributed by atoms with E-state index < -0.39 is 51.3 Å². The van der Waals surface area contributed by atoms with Crippen molar-refractivity contribution in [2.75, 3.05) is 12.4 Å². The van der Waals surface area contributed by atoms with E-state index in [4.69, 9.17) is 68.5 Å². The number of thioether (sulfide) groups is 2. The number of aliphatic carboxylic acids is 1. The van der Waals surface area contributed by atoms with Crippen LogP contribution in [0.2, 0.25) is 0 Å². The minimum absolute atomic E-state index is 0.505. The van der Waals surface area contributed by atoms with Crippen LogP contribution in [0.5, 0.6) is 0 Å². The fraction of sp³-hybridized carbons (Fsp3) is 0.692. The third-order valence-electron chi connectivity index (χ3n) is 3.19. The number of amides is 1. The summed E-state index contributed by atoms with van der Waals surface area (Å²) >= 11 is 29.9. The summed E-state index contributed by atoms with van der Waals surface area (Å²) in [5, 5.41) is 8.38. The van der Waals surface area contributed by atoms with Gasteiger partial charge in [-0.05, 0) is 12.7 Å². The molecule has 2 unspecified atom stereocenters. The zero-order valence-electron chi connectivity index (χ0n) is 13.9. The van der Waals surface area contributed by atoms with Crippen molar-refractivity contribution in [3.8, 4) is 0 Å². The molecule has 0 radical (unpaired) electrons. The van der Waals surface area contributed by atoms with Gasteiger partial charge >= 0.3 is 12.1 Å². The minimum atomic E-state index is -1.80. The van der Waals surface area contributed by atoms with E-state index in [0.717, 1.165) is 16.7 Å². The Bertz CT molecular complexity index is 605. The highest BCUT2D eigenvalue weighted by molar-refractivity contribution is 8.47. The van der Waals surface area contributed by atoms with Crippen molar-refractivity contribution in [1.82, 2.24) is 4.90 Å². The van der Waals surface area contributed by atoms with E-state index in [2.05, 4.69) is 4.74 Å². The molecule has 0 aliphatic carbocycles. The van der Waals surface area contributed by atoms with E-state index in [-0.39, 0.29) is 0 Å². The lowest BCUT2D eigenvalue weighted by Gasteiger charge is -2.48. The molecule has 1 N–H and O–H groups in total. The lowest BCUT2D eigenvalue weighted by molar-refractivity contribution is -0.165. The lowest BCUT2D eigenvalue weighted by atomic mass is 9.92. The Labute approximate surface area is 189 Å². The number of carbonyl (C=O) groups is 3. The molecule has 1 fully saturated rings. The Morgan fingerprint density at radius 1 is 1.41 bits per heavy atom. The number of likely N-dealkylation sites (tertiary alicyclic amines) is 1. The summed E-state index contributed by atoms with van der Waals surface area (Å²) in [7, 11) is 0. The molecule has 154 valence electrons. The highest BCUT2D eigenvalue weighted by Crippen LogP contribution is 2.42. The van der Waals surface area contributed by atoms with Gasteiger partial charge in [-0.15, -0.1) is 11.8 Å². The highest BCUT2D eigenvalue weighted by atomic mass is 35.6. The maximum absolute atomic E-state index is 12.4. The summed E-state index contributed by atoms with van der Waals surface area (Å²) in [6.07, 6.45) is -2.07. The molecule has 0 bridgehead atoms. The fourth-order valence-corrected chi connectivity index (χ4v) is 5.36. The summed E-state index contributed by atoms with van der Waals surface area (Å²) < 4.78 is 8.40. The van der Waals surface area contributed by atoms with Gasteiger partial charge in [0.05, 0.1) is 0 Å². The molecular formula is C13H15Cl4NO6S3. The zero-order chi connectivity index (χ0) is 20.9. The van der Waals surface area contributed by atoms with Gasteiger partial charge in [0, 0.05) is 0 Å². The second kappa shape index (κ2) is 10.8. The van der Waals surface area contributed by atoms with Crippen LogP contribution in [-0.4, -0.2) is 64.7 Å².